The van der Waals surface area contributed by atoms with Crippen LogP contribution in [0.4, 0.5) is 0 Å². The van der Waals surface area contributed by atoms with E-state index in [1.807, 2.05) is 31.2 Å². The van der Waals surface area contributed by atoms with Crippen molar-refractivity contribution < 1.29 is 4.74 Å². The summed E-state index contributed by atoms with van der Waals surface area (Å²) in [6.45, 7) is 3.09. The summed E-state index contributed by atoms with van der Waals surface area (Å²) in [5, 5.41) is 3.14. The average molecular weight is 234 g/mol. The van der Waals surface area contributed by atoms with E-state index in [2.05, 4.69) is 10.4 Å². The molecule has 2 N–H and O–H groups in total. The van der Waals surface area contributed by atoms with Crippen molar-refractivity contribution in [2.75, 3.05) is 13.2 Å². The summed E-state index contributed by atoms with van der Waals surface area (Å²) < 4.78 is 5.41. The number of ether oxygens (including phenoxy) is 1. The van der Waals surface area contributed by atoms with Gasteiger partial charge in [0.2, 0.25) is 0 Å². The molecule has 3 nitrogen and oxygen atoms in total. The number of hydrogen-bond donors (Lipinski definition) is 1. The Labute approximate surface area is 98.9 Å². The highest BCUT2D eigenvalue weighted by molar-refractivity contribution is 7.09. The van der Waals surface area contributed by atoms with Gasteiger partial charge >= 0.3 is 0 Å². The lowest BCUT2D eigenvalue weighted by Crippen LogP contribution is -2.10. The first-order valence-corrected chi connectivity index (χ1v) is 6.03. The Morgan fingerprint density at radius 3 is 2.62 bits per heavy atom. The van der Waals surface area contributed by atoms with Crippen molar-refractivity contribution in [3.05, 3.63) is 34.7 Å². The number of nitrogens with two attached hydrogens (primary N) is 1. The Balaban J connectivity index is 2.13. The predicted molar refractivity (Wildman–Crippen MR) is 66.8 cm³/mol. The SMILES string of the molecule is Cc1nc(-c2ccc(OCCN)cc2)cs1. The van der Waals surface area contributed by atoms with Crippen molar-refractivity contribution in [3.8, 4) is 17.0 Å². The molecule has 0 unspecified atom stereocenters. The molecule has 0 atom stereocenters. The first-order chi connectivity index (χ1) is 7.79. The second-order valence-electron chi connectivity index (χ2n) is 3.41. The van der Waals surface area contributed by atoms with Gasteiger partial charge in [0.1, 0.15) is 12.4 Å². The Morgan fingerprint density at radius 2 is 2.06 bits per heavy atom. The maximum absolute atomic E-state index is 5.41. The summed E-state index contributed by atoms with van der Waals surface area (Å²) in [6.07, 6.45) is 0. The smallest absolute Gasteiger partial charge is 0.119 e. The zero-order chi connectivity index (χ0) is 11.4. The molecule has 16 heavy (non-hydrogen) atoms. The van der Waals surface area contributed by atoms with E-state index in [1.54, 1.807) is 11.3 Å². The van der Waals surface area contributed by atoms with Crippen LogP contribution < -0.4 is 10.5 Å². The number of aryl methyl sites for hydroxylation is 1. The molecule has 84 valence electrons. The van der Waals surface area contributed by atoms with Crippen LogP contribution in [-0.2, 0) is 0 Å². The monoisotopic (exact) mass is 234 g/mol. The number of benzene rings is 1. The van der Waals surface area contributed by atoms with Gasteiger partial charge in [-0.05, 0) is 31.2 Å². The Morgan fingerprint density at radius 1 is 1.31 bits per heavy atom. The van der Waals surface area contributed by atoms with Crippen LogP contribution in [0, 0.1) is 6.92 Å². The summed E-state index contributed by atoms with van der Waals surface area (Å²) in [7, 11) is 0. The third kappa shape index (κ3) is 2.59. The van der Waals surface area contributed by atoms with Crippen LogP contribution in [-0.4, -0.2) is 18.1 Å². The van der Waals surface area contributed by atoms with Crippen LogP contribution in [0.5, 0.6) is 5.75 Å². The molecule has 1 aromatic heterocycles. The lowest BCUT2D eigenvalue weighted by molar-refractivity contribution is 0.328. The molecule has 0 aliphatic carbocycles. The molecule has 0 bridgehead atoms. The van der Waals surface area contributed by atoms with Crippen LogP contribution in [0.3, 0.4) is 0 Å². The normalized spacial score (nSPS) is 10.4. The van der Waals surface area contributed by atoms with E-state index < -0.39 is 0 Å². The van der Waals surface area contributed by atoms with E-state index in [4.69, 9.17) is 10.5 Å². The minimum atomic E-state index is 0.535. The second-order valence-corrected chi connectivity index (χ2v) is 4.48. The molecule has 0 saturated heterocycles. The maximum atomic E-state index is 5.41. The molecule has 1 heterocycles. The quantitative estimate of drug-likeness (QED) is 0.884. The van der Waals surface area contributed by atoms with Gasteiger partial charge in [-0.15, -0.1) is 11.3 Å². The van der Waals surface area contributed by atoms with Gasteiger partial charge in [-0.2, -0.15) is 0 Å². The molecule has 0 amide bonds. The van der Waals surface area contributed by atoms with Crippen molar-refractivity contribution >= 4 is 11.3 Å². The largest absolute Gasteiger partial charge is 0.492 e. The van der Waals surface area contributed by atoms with Gasteiger partial charge in [-0.3, -0.25) is 0 Å². The predicted octanol–water partition coefficient (Wildman–Crippen LogP) is 2.46. The highest BCUT2D eigenvalue weighted by atomic mass is 32.1. The lowest BCUT2D eigenvalue weighted by atomic mass is 10.2. The van der Waals surface area contributed by atoms with Gasteiger partial charge in [0.25, 0.3) is 0 Å². The standard InChI is InChI=1S/C12H14N2OS/c1-9-14-12(8-16-9)10-2-4-11(5-3-10)15-7-6-13/h2-5,8H,6-7,13H2,1H3. The van der Waals surface area contributed by atoms with Crippen molar-refractivity contribution in [1.29, 1.82) is 0 Å². The highest BCUT2D eigenvalue weighted by Gasteiger charge is 2.01. The first-order valence-electron chi connectivity index (χ1n) is 5.15. The zero-order valence-corrected chi connectivity index (χ0v) is 9.96. The third-order valence-electron chi connectivity index (χ3n) is 2.16. The topological polar surface area (TPSA) is 48.1 Å². The van der Waals surface area contributed by atoms with Gasteiger partial charge < -0.3 is 10.5 Å². The van der Waals surface area contributed by atoms with Gasteiger partial charge in [-0.25, -0.2) is 4.98 Å². The van der Waals surface area contributed by atoms with E-state index >= 15 is 0 Å². The molecule has 0 fully saturated rings. The third-order valence-corrected chi connectivity index (χ3v) is 2.93. The minimum Gasteiger partial charge on any atom is -0.492 e. The number of aromatic nitrogens is 1. The molecule has 0 radical (unpaired) electrons. The Kier molecular flexibility index (Phi) is 3.54. The number of hydrogen-bond acceptors (Lipinski definition) is 4. The van der Waals surface area contributed by atoms with Crippen molar-refractivity contribution in [2.24, 2.45) is 5.73 Å². The fraction of sp³-hybridized carbons (Fsp3) is 0.250. The van der Waals surface area contributed by atoms with E-state index in [1.165, 1.54) is 0 Å². The van der Waals surface area contributed by atoms with Crippen molar-refractivity contribution in [2.45, 2.75) is 6.92 Å². The lowest BCUT2D eigenvalue weighted by Gasteiger charge is -2.04. The molecule has 0 aliphatic rings. The summed E-state index contributed by atoms with van der Waals surface area (Å²) in [6, 6.07) is 7.92. The molecule has 0 spiro atoms. The van der Waals surface area contributed by atoms with Crippen LogP contribution in [0.1, 0.15) is 5.01 Å². The van der Waals surface area contributed by atoms with E-state index in [0.717, 1.165) is 22.0 Å². The Hall–Kier alpha value is -1.39. The van der Waals surface area contributed by atoms with Crippen molar-refractivity contribution in [3.63, 3.8) is 0 Å². The molecule has 4 heteroatoms. The van der Waals surface area contributed by atoms with Gasteiger partial charge in [0.15, 0.2) is 0 Å². The van der Waals surface area contributed by atoms with Crippen LogP contribution in [0.2, 0.25) is 0 Å². The zero-order valence-electron chi connectivity index (χ0n) is 9.14. The fourth-order valence-corrected chi connectivity index (χ4v) is 2.02. The molecule has 0 aliphatic heterocycles. The summed E-state index contributed by atoms with van der Waals surface area (Å²) in [5.74, 6) is 0.848. The summed E-state index contributed by atoms with van der Waals surface area (Å²) in [4.78, 5) is 4.43. The fourth-order valence-electron chi connectivity index (χ4n) is 1.39. The minimum absolute atomic E-state index is 0.535. The van der Waals surface area contributed by atoms with Crippen LogP contribution in [0.15, 0.2) is 29.6 Å². The highest BCUT2D eigenvalue weighted by Crippen LogP contribution is 2.23. The van der Waals surface area contributed by atoms with E-state index in [0.29, 0.717) is 13.2 Å². The molecule has 2 rings (SSSR count). The van der Waals surface area contributed by atoms with E-state index in [-0.39, 0.29) is 0 Å². The van der Waals surface area contributed by atoms with Crippen LogP contribution >= 0.6 is 11.3 Å². The maximum Gasteiger partial charge on any atom is 0.119 e. The van der Waals surface area contributed by atoms with Crippen molar-refractivity contribution in [1.82, 2.24) is 4.98 Å². The first kappa shape index (κ1) is 11.1. The average Bonchev–Trinajstić information content (AvgIpc) is 2.74. The molecular formula is C12H14N2OS. The Bertz CT molecular complexity index is 450. The second kappa shape index (κ2) is 5.09. The number of rotatable bonds is 4. The molecule has 0 saturated carbocycles. The van der Waals surface area contributed by atoms with Gasteiger partial charge in [0, 0.05) is 17.5 Å². The molecular weight excluding hydrogens is 220 g/mol. The molecule has 2 aromatic rings. The van der Waals surface area contributed by atoms with Gasteiger partial charge in [-0.1, -0.05) is 0 Å². The van der Waals surface area contributed by atoms with Gasteiger partial charge in [0.05, 0.1) is 10.7 Å². The van der Waals surface area contributed by atoms with Crippen LogP contribution in [0.25, 0.3) is 11.3 Å². The number of thiazole rings is 1. The number of nitrogens with zero attached hydrogens (tertiary/aromatic N) is 1. The van der Waals surface area contributed by atoms with E-state index in [9.17, 15) is 0 Å². The molecule has 1 aromatic carbocycles. The summed E-state index contributed by atoms with van der Waals surface area (Å²) in [5.41, 5.74) is 7.50. The summed E-state index contributed by atoms with van der Waals surface area (Å²) >= 11 is 1.66.